The van der Waals surface area contributed by atoms with Gasteiger partial charge in [0.15, 0.2) is 0 Å². The lowest BCUT2D eigenvalue weighted by atomic mass is 10.1. The summed E-state index contributed by atoms with van der Waals surface area (Å²) in [6.07, 6.45) is 5.00. The van der Waals surface area contributed by atoms with Gasteiger partial charge in [-0.25, -0.2) is 9.67 Å². The van der Waals surface area contributed by atoms with Crippen LogP contribution in [0, 0.1) is 0 Å². The van der Waals surface area contributed by atoms with Crippen LogP contribution < -0.4 is 10.1 Å². The average Bonchev–Trinajstić information content (AvgIpc) is 3.16. The van der Waals surface area contributed by atoms with E-state index in [4.69, 9.17) is 4.74 Å². The van der Waals surface area contributed by atoms with Gasteiger partial charge in [-0.2, -0.15) is 5.10 Å². The second-order valence-corrected chi connectivity index (χ2v) is 5.70. The van der Waals surface area contributed by atoms with Crippen LogP contribution in [0.3, 0.4) is 0 Å². The van der Waals surface area contributed by atoms with Gasteiger partial charge in [0.1, 0.15) is 25.0 Å². The summed E-state index contributed by atoms with van der Waals surface area (Å²) in [5, 5.41) is 7.08. The molecular weight excluding hydrogens is 316 g/mol. The first-order valence-corrected chi connectivity index (χ1v) is 7.94. The van der Waals surface area contributed by atoms with Crippen LogP contribution in [0.15, 0.2) is 66.8 Å². The number of amides is 1. The van der Waals surface area contributed by atoms with Gasteiger partial charge in [-0.15, -0.1) is 0 Å². The minimum atomic E-state index is -0.166. The zero-order valence-electron chi connectivity index (χ0n) is 13.4. The third-order valence-electron chi connectivity index (χ3n) is 3.99. The second kappa shape index (κ2) is 6.60. The molecular formula is C19H16N4O2. The molecule has 0 radical (unpaired) electrons. The smallest absolute Gasteiger partial charge is 0.255 e. The molecule has 0 unspecified atom stereocenters. The molecule has 0 atom stereocenters. The molecule has 0 bridgehead atoms. The Morgan fingerprint density at radius 3 is 2.88 bits per heavy atom. The summed E-state index contributed by atoms with van der Waals surface area (Å²) in [5.74, 6) is 0.631. The molecule has 1 N–H and O–H groups in total. The molecule has 1 amide bonds. The van der Waals surface area contributed by atoms with Crippen molar-refractivity contribution in [2.45, 2.75) is 6.54 Å². The summed E-state index contributed by atoms with van der Waals surface area (Å²) in [7, 11) is 0. The number of hydrogen-bond acceptors (Lipinski definition) is 4. The topological polar surface area (TPSA) is 69.0 Å². The Kier molecular flexibility index (Phi) is 4.00. The van der Waals surface area contributed by atoms with Gasteiger partial charge < -0.3 is 10.1 Å². The number of nitrogens with one attached hydrogen (secondary N) is 1. The zero-order chi connectivity index (χ0) is 17.1. The summed E-state index contributed by atoms with van der Waals surface area (Å²) in [6.45, 7) is 0.795. The molecule has 2 aromatic carbocycles. The Morgan fingerprint density at radius 1 is 1.16 bits per heavy atom. The molecule has 6 heteroatoms. The fraction of sp³-hybridized carbons (Fsp3) is 0.105. The van der Waals surface area contributed by atoms with Crippen molar-refractivity contribution in [1.29, 1.82) is 0 Å². The number of nitrogens with zero attached hydrogens (tertiary/aromatic N) is 3. The quantitative estimate of drug-likeness (QED) is 0.797. The predicted molar refractivity (Wildman–Crippen MR) is 94.1 cm³/mol. The van der Waals surface area contributed by atoms with Crippen LogP contribution in [-0.2, 0) is 11.3 Å². The fourth-order valence-electron chi connectivity index (χ4n) is 2.72. The first-order chi connectivity index (χ1) is 12.3. The van der Waals surface area contributed by atoms with Gasteiger partial charge in [-0.1, -0.05) is 36.4 Å². The molecule has 0 saturated carbocycles. The van der Waals surface area contributed by atoms with E-state index >= 15 is 0 Å². The maximum absolute atomic E-state index is 12.6. The number of rotatable bonds is 4. The minimum absolute atomic E-state index is 0.166. The van der Waals surface area contributed by atoms with Crippen molar-refractivity contribution in [3.8, 4) is 5.75 Å². The van der Waals surface area contributed by atoms with E-state index < -0.39 is 0 Å². The molecule has 0 aliphatic carbocycles. The third-order valence-corrected chi connectivity index (χ3v) is 3.99. The summed E-state index contributed by atoms with van der Waals surface area (Å²) in [5.41, 5.74) is 3.21. The van der Waals surface area contributed by atoms with E-state index in [-0.39, 0.29) is 12.5 Å². The van der Waals surface area contributed by atoms with Crippen molar-refractivity contribution >= 4 is 17.7 Å². The van der Waals surface area contributed by atoms with Crippen molar-refractivity contribution in [3.05, 3.63) is 77.9 Å². The van der Waals surface area contributed by atoms with E-state index in [1.165, 1.54) is 6.33 Å². The van der Waals surface area contributed by atoms with Crippen molar-refractivity contribution in [3.63, 3.8) is 0 Å². The Balaban J connectivity index is 1.55. The number of fused-ring (bicyclic) bond motifs is 1. The summed E-state index contributed by atoms with van der Waals surface area (Å²) in [6, 6.07) is 15.3. The van der Waals surface area contributed by atoms with Crippen molar-refractivity contribution < 1.29 is 9.53 Å². The number of hydrogen-bond donors (Lipinski definition) is 1. The second-order valence-electron chi connectivity index (χ2n) is 5.70. The number of benzene rings is 2. The Hall–Kier alpha value is -3.41. The van der Waals surface area contributed by atoms with Gasteiger partial charge in [-0.3, -0.25) is 4.79 Å². The highest BCUT2D eigenvalue weighted by Gasteiger charge is 2.18. The average molecular weight is 332 g/mol. The van der Waals surface area contributed by atoms with Crippen LogP contribution >= 0.6 is 0 Å². The maximum atomic E-state index is 12.6. The summed E-state index contributed by atoms with van der Waals surface area (Å²) in [4.78, 5) is 16.6. The highest BCUT2D eigenvalue weighted by molar-refractivity contribution is 6.07. The molecule has 1 aliphatic rings. The molecule has 1 aliphatic heterocycles. The standard InChI is InChI=1S/C19H16N4O2/c24-19(16-9-14-5-2-4-8-18(14)25-11-16)22-17-7-3-1-6-15(17)10-23-13-20-12-21-23/h1-9,12-13H,10-11H2,(H,22,24). The highest BCUT2D eigenvalue weighted by atomic mass is 16.5. The van der Waals surface area contributed by atoms with Gasteiger partial charge in [-0.05, 0) is 23.8 Å². The molecule has 3 aromatic rings. The van der Waals surface area contributed by atoms with E-state index in [0.29, 0.717) is 12.1 Å². The summed E-state index contributed by atoms with van der Waals surface area (Å²) >= 11 is 0. The van der Waals surface area contributed by atoms with Crippen LogP contribution in [0.5, 0.6) is 5.75 Å². The lowest BCUT2D eigenvalue weighted by molar-refractivity contribution is -0.113. The number of anilines is 1. The summed E-state index contributed by atoms with van der Waals surface area (Å²) < 4.78 is 7.37. The molecule has 0 spiro atoms. The SMILES string of the molecule is O=C(Nc1ccccc1Cn1cncn1)C1=Cc2ccccc2OC1. The highest BCUT2D eigenvalue weighted by Crippen LogP contribution is 2.26. The largest absolute Gasteiger partial charge is 0.488 e. The molecule has 124 valence electrons. The van der Waals surface area contributed by atoms with Crippen LogP contribution in [-0.4, -0.2) is 27.3 Å². The van der Waals surface area contributed by atoms with E-state index in [1.807, 2.05) is 54.6 Å². The molecule has 25 heavy (non-hydrogen) atoms. The first kappa shape index (κ1) is 15.1. The van der Waals surface area contributed by atoms with Crippen molar-refractivity contribution in [1.82, 2.24) is 14.8 Å². The predicted octanol–water partition coefficient (Wildman–Crippen LogP) is 2.74. The lowest BCUT2D eigenvalue weighted by Gasteiger charge is -2.18. The molecule has 6 nitrogen and oxygen atoms in total. The van der Waals surface area contributed by atoms with Gasteiger partial charge in [0.05, 0.1) is 12.1 Å². The monoisotopic (exact) mass is 332 g/mol. The Morgan fingerprint density at radius 2 is 2.00 bits per heavy atom. The van der Waals surface area contributed by atoms with E-state index in [1.54, 1.807) is 11.0 Å². The van der Waals surface area contributed by atoms with Gasteiger partial charge in [0.25, 0.3) is 5.91 Å². The molecule has 1 aromatic heterocycles. The van der Waals surface area contributed by atoms with Gasteiger partial charge in [0.2, 0.25) is 0 Å². The number of carbonyl (C=O) groups is 1. The van der Waals surface area contributed by atoms with Crippen molar-refractivity contribution in [2.75, 3.05) is 11.9 Å². The van der Waals surface area contributed by atoms with Crippen LogP contribution in [0.1, 0.15) is 11.1 Å². The Bertz CT molecular complexity index is 932. The fourth-order valence-corrected chi connectivity index (χ4v) is 2.72. The van der Waals surface area contributed by atoms with E-state index in [0.717, 1.165) is 22.6 Å². The number of ether oxygens (including phenoxy) is 1. The lowest BCUT2D eigenvalue weighted by Crippen LogP contribution is -2.22. The molecule has 0 saturated heterocycles. The maximum Gasteiger partial charge on any atom is 0.255 e. The third kappa shape index (κ3) is 3.28. The van der Waals surface area contributed by atoms with Crippen LogP contribution in [0.2, 0.25) is 0 Å². The first-order valence-electron chi connectivity index (χ1n) is 7.94. The number of para-hydroxylation sites is 2. The molecule has 4 rings (SSSR count). The number of aromatic nitrogens is 3. The minimum Gasteiger partial charge on any atom is -0.488 e. The number of carbonyl (C=O) groups excluding carboxylic acids is 1. The Labute approximate surface area is 144 Å². The van der Waals surface area contributed by atoms with E-state index in [2.05, 4.69) is 15.4 Å². The molecule has 0 fully saturated rings. The zero-order valence-corrected chi connectivity index (χ0v) is 13.4. The van der Waals surface area contributed by atoms with Crippen LogP contribution in [0.25, 0.3) is 6.08 Å². The van der Waals surface area contributed by atoms with E-state index in [9.17, 15) is 4.79 Å². The molecule has 2 heterocycles. The normalized spacial score (nSPS) is 12.7. The van der Waals surface area contributed by atoms with Crippen molar-refractivity contribution in [2.24, 2.45) is 0 Å². The van der Waals surface area contributed by atoms with Gasteiger partial charge in [0, 0.05) is 11.3 Å². The van der Waals surface area contributed by atoms with Gasteiger partial charge >= 0.3 is 0 Å². The van der Waals surface area contributed by atoms with Crippen LogP contribution in [0.4, 0.5) is 5.69 Å².